The van der Waals surface area contributed by atoms with Crippen LogP contribution in [0.2, 0.25) is 0 Å². The Kier molecular flexibility index (Phi) is 3.60. The summed E-state index contributed by atoms with van der Waals surface area (Å²) in [7, 11) is 0. The van der Waals surface area contributed by atoms with Crippen LogP contribution in [0.4, 0.5) is 5.82 Å². The van der Waals surface area contributed by atoms with E-state index in [0.717, 1.165) is 40.4 Å². The number of fused-ring (bicyclic) bond motifs is 1. The minimum atomic E-state index is 0.773. The normalized spacial score (nSPS) is 10.9. The third kappa shape index (κ3) is 2.25. The van der Waals surface area contributed by atoms with Crippen LogP contribution in [0, 0.1) is 0 Å². The van der Waals surface area contributed by atoms with Crippen molar-refractivity contribution in [3.8, 4) is 11.4 Å². The molecule has 3 heterocycles. The van der Waals surface area contributed by atoms with Crippen molar-refractivity contribution in [3.63, 3.8) is 0 Å². The van der Waals surface area contributed by atoms with Crippen molar-refractivity contribution >= 4 is 27.4 Å². The second-order valence-corrected chi connectivity index (χ2v) is 5.35. The molecule has 0 saturated carbocycles. The summed E-state index contributed by atoms with van der Waals surface area (Å²) in [5, 5.41) is 6.47. The first-order valence-electron chi connectivity index (χ1n) is 6.75. The molecule has 0 aliphatic heterocycles. The second-order valence-electron chi connectivity index (χ2n) is 4.45. The van der Waals surface area contributed by atoms with Gasteiger partial charge in [-0.3, -0.25) is 4.98 Å². The van der Waals surface area contributed by atoms with Gasteiger partial charge in [-0.05, 0) is 36.4 Å². The number of hydrogen-bond donors (Lipinski definition) is 1. The van der Waals surface area contributed by atoms with Gasteiger partial charge in [0.2, 0.25) is 0 Å². The summed E-state index contributed by atoms with van der Waals surface area (Å²) >= 11 is 1.64. The average Bonchev–Trinajstić information content (AvgIpc) is 2.96. The summed E-state index contributed by atoms with van der Waals surface area (Å²) in [6.07, 6.45) is 4.61. The van der Waals surface area contributed by atoms with Crippen LogP contribution in [-0.4, -0.2) is 21.5 Å². The molecule has 3 aromatic rings. The Hall–Kier alpha value is -2.01. The van der Waals surface area contributed by atoms with E-state index >= 15 is 0 Å². The van der Waals surface area contributed by atoms with Crippen LogP contribution in [0.1, 0.15) is 19.4 Å². The molecule has 3 aromatic heterocycles. The lowest BCUT2D eigenvalue weighted by atomic mass is 10.1. The average molecular weight is 284 g/mol. The number of nitrogens with one attached hydrogen (secondary N) is 1. The van der Waals surface area contributed by atoms with Crippen LogP contribution >= 0.6 is 11.3 Å². The molecular weight excluding hydrogens is 268 g/mol. The lowest BCUT2D eigenvalue weighted by Gasteiger charge is -2.09. The molecule has 0 aliphatic carbocycles. The zero-order chi connectivity index (χ0) is 13.9. The first-order valence-corrected chi connectivity index (χ1v) is 7.63. The summed E-state index contributed by atoms with van der Waals surface area (Å²) in [5.74, 6) is 1.68. The molecule has 0 unspecified atom stereocenters. The van der Waals surface area contributed by atoms with E-state index in [2.05, 4.69) is 35.6 Å². The molecule has 0 radical (unpaired) electrons. The highest BCUT2D eigenvalue weighted by atomic mass is 32.1. The summed E-state index contributed by atoms with van der Waals surface area (Å²) < 4.78 is 0. The number of anilines is 1. The standard InChI is InChI=1S/C15H16N4S/c1-3-10-9-16-7-5-11(10)14-18-13(17-4-2)12-6-8-20-15(12)19-14/h5-9H,3-4H2,1-2H3,(H,17,18,19). The molecule has 0 aromatic carbocycles. The maximum absolute atomic E-state index is 4.70. The topological polar surface area (TPSA) is 50.7 Å². The first kappa shape index (κ1) is 13.0. The van der Waals surface area contributed by atoms with E-state index < -0.39 is 0 Å². The monoisotopic (exact) mass is 284 g/mol. The molecule has 1 N–H and O–H groups in total. The van der Waals surface area contributed by atoms with Gasteiger partial charge in [-0.1, -0.05) is 6.92 Å². The van der Waals surface area contributed by atoms with E-state index in [0.29, 0.717) is 0 Å². The Morgan fingerprint density at radius 1 is 1.20 bits per heavy atom. The molecule has 102 valence electrons. The fraction of sp³-hybridized carbons (Fsp3) is 0.267. The van der Waals surface area contributed by atoms with Crippen molar-refractivity contribution in [2.24, 2.45) is 0 Å². The Bertz CT molecular complexity index is 736. The fourth-order valence-corrected chi connectivity index (χ4v) is 2.97. The van der Waals surface area contributed by atoms with Crippen LogP contribution in [0.15, 0.2) is 29.9 Å². The molecule has 0 amide bonds. The molecule has 0 fully saturated rings. The fourth-order valence-electron chi connectivity index (χ4n) is 2.21. The zero-order valence-electron chi connectivity index (χ0n) is 11.6. The van der Waals surface area contributed by atoms with Gasteiger partial charge in [-0.15, -0.1) is 11.3 Å². The molecule has 3 rings (SSSR count). The highest BCUT2D eigenvalue weighted by Crippen LogP contribution is 2.29. The Balaban J connectivity index is 2.20. The van der Waals surface area contributed by atoms with Crippen molar-refractivity contribution in [2.45, 2.75) is 20.3 Å². The van der Waals surface area contributed by atoms with Gasteiger partial charge >= 0.3 is 0 Å². The van der Waals surface area contributed by atoms with Crippen LogP contribution in [0.25, 0.3) is 21.6 Å². The molecular formula is C15H16N4S. The predicted molar refractivity (Wildman–Crippen MR) is 84.2 cm³/mol. The highest BCUT2D eigenvalue weighted by Gasteiger charge is 2.12. The van der Waals surface area contributed by atoms with E-state index in [1.807, 2.05) is 12.3 Å². The summed E-state index contributed by atoms with van der Waals surface area (Å²) in [4.78, 5) is 14.6. The van der Waals surface area contributed by atoms with Gasteiger partial charge in [0.1, 0.15) is 10.6 Å². The molecule has 20 heavy (non-hydrogen) atoms. The number of thiophene rings is 1. The highest BCUT2D eigenvalue weighted by molar-refractivity contribution is 7.16. The first-order chi connectivity index (χ1) is 9.83. The maximum atomic E-state index is 4.70. The van der Waals surface area contributed by atoms with Crippen LogP contribution in [-0.2, 0) is 6.42 Å². The molecule has 4 nitrogen and oxygen atoms in total. The van der Waals surface area contributed by atoms with Crippen molar-refractivity contribution in [1.82, 2.24) is 15.0 Å². The lowest BCUT2D eigenvalue weighted by molar-refractivity contribution is 1.08. The van der Waals surface area contributed by atoms with Crippen LogP contribution in [0.3, 0.4) is 0 Å². The van der Waals surface area contributed by atoms with E-state index in [9.17, 15) is 0 Å². The third-order valence-corrected chi connectivity index (χ3v) is 4.00. The van der Waals surface area contributed by atoms with E-state index in [4.69, 9.17) is 9.97 Å². The van der Waals surface area contributed by atoms with Gasteiger partial charge in [0.25, 0.3) is 0 Å². The lowest BCUT2D eigenvalue weighted by Crippen LogP contribution is -2.03. The number of rotatable bonds is 4. The van der Waals surface area contributed by atoms with Gasteiger partial charge in [-0.25, -0.2) is 9.97 Å². The van der Waals surface area contributed by atoms with Crippen molar-refractivity contribution in [3.05, 3.63) is 35.5 Å². The summed E-state index contributed by atoms with van der Waals surface area (Å²) in [6, 6.07) is 4.05. The van der Waals surface area contributed by atoms with E-state index in [1.54, 1.807) is 17.5 Å². The largest absolute Gasteiger partial charge is 0.370 e. The predicted octanol–water partition coefficient (Wildman–Crippen LogP) is 3.75. The summed E-state index contributed by atoms with van der Waals surface area (Å²) in [6.45, 7) is 5.04. The number of pyridine rings is 1. The van der Waals surface area contributed by atoms with Gasteiger partial charge in [0.05, 0.1) is 5.39 Å². The number of hydrogen-bond acceptors (Lipinski definition) is 5. The SMILES string of the molecule is CCNc1nc(-c2ccncc2CC)nc2sccc12. The van der Waals surface area contributed by atoms with Gasteiger partial charge in [0.15, 0.2) is 5.82 Å². The Labute approximate surface area is 121 Å². The maximum Gasteiger partial charge on any atom is 0.163 e. The van der Waals surface area contributed by atoms with Crippen molar-refractivity contribution in [1.29, 1.82) is 0 Å². The Morgan fingerprint density at radius 3 is 2.90 bits per heavy atom. The van der Waals surface area contributed by atoms with Crippen LogP contribution < -0.4 is 5.32 Å². The smallest absolute Gasteiger partial charge is 0.163 e. The molecule has 5 heteroatoms. The number of aryl methyl sites for hydroxylation is 1. The van der Waals surface area contributed by atoms with Gasteiger partial charge in [-0.2, -0.15) is 0 Å². The van der Waals surface area contributed by atoms with Crippen molar-refractivity contribution in [2.75, 3.05) is 11.9 Å². The quantitative estimate of drug-likeness (QED) is 0.792. The van der Waals surface area contributed by atoms with Gasteiger partial charge < -0.3 is 5.32 Å². The molecule has 0 bridgehead atoms. The second kappa shape index (κ2) is 5.54. The number of aromatic nitrogens is 3. The molecule has 0 atom stereocenters. The minimum Gasteiger partial charge on any atom is -0.370 e. The third-order valence-electron chi connectivity index (χ3n) is 3.19. The molecule has 0 saturated heterocycles. The van der Waals surface area contributed by atoms with Crippen molar-refractivity contribution < 1.29 is 0 Å². The van der Waals surface area contributed by atoms with E-state index in [1.165, 1.54) is 5.56 Å². The summed E-state index contributed by atoms with van der Waals surface area (Å²) in [5.41, 5.74) is 2.24. The van der Waals surface area contributed by atoms with Crippen LogP contribution in [0.5, 0.6) is 0 Å². The minimum absolute atomic E-state index is 0.773. The molecule has 0 spiro atoms. The zero-order valence-corrected chi connectivity index (χ0v) is 12.4. The van der Waals surface area contributed by atoms with Gasteiger partial charge in [0, 0.05) is 24.5 Å². The molecule has 0 aliphatic rings. The number of nitrogens with zero attached hydrogens (tertiary/aromatic N) is 3. The Morgan fingerprint density at radius 2 is 2.10 bits per heavy atom. The van der Waals surface area contributed by atoms with E-state index in [-0.39, 0.29) is 0 Å².